The van der Waals surface area contributed by atoms with Crippen molar-refractivity contribution in [1.29, 1.82) is 0 Å². The average Bonchev–Trinajstić information content (AvgIpc) is 2.83. The Bertz CT molecular complexity index is 404. The van der Waals surface area contributed by atoms with E-state index in [2.05, 4.69) is 36.3 Å². The Morgan fingerprint density at radius 3 is 2.62 bits per heavy atom. The van der Waals surface area contributed by atoms with E-state index in [4.69, 9.17) is 9.47 Å². The minimum Gasteiger partial charge on any atom is -0.493 e. The summed E-state index contributed by atoms with van der Waals surface area (Å²) in [5.41, 5.74) is 1.06. The number of ether oxygens (including phenoxy) is 2. The zero-order chi connectivity index (χ0) is 15.8. The fraction of sp³-hybridized carbons (Fsp3) is 0.800. The lowest BCUT2D eigenvalue weighted by Crippen LogP contribution is -2.30. The monoisotopic (exact) mass is 298 g/mol. The smallest absolute Gasteiger partial charge is 0.161 e. The summed E-state index contributed by atoms with van der Waals surface area (Å²) in [5.74, 6) is 0.812. The van der Waals surface area contributed by atoms with Crippen molar-refractivity contribution in [2.75, 3.05) is 40.9 Å². The topological polar surface area (TPSA) is 51.5 Å². The Morgan fingerprint density at radius 1 is 1.38 bits per heavy atom. The quantitative estimate of drug-likeness (QED) is 0.710. The van der Waals surface area contributed by atoms with Crippen LogP contribution < -0.4 is 10.1 Å². The van der Waals surface area contributed by atoms with Gasteiger partial charge in [0.15, 0.2) is 5.75 Å². The van der Waals surface area contributed by atoms with E-state index in [9.17, 15) is 0 Å². The second-order valence-electron chi connectivity index (χ2n) is 5.62. The van der Waals surface area contributed by atoms with Crippen LogP contribution in [0.4, 0.5) is 0 Å². The van der Waals surface area contributed by atoms with Gasteiger partial charge in [0.2, 0.25) is 0 Å². The van der Waals surface area contributed by atoms with E-state index in [1.54, 1.807) is 13.3 Å². The predicted octanol–water partition coefficient (Wildman–Crippen LogP) is 1.53. The molecule has 0 fully saturated rings. The number of likely N-dealkylation sites (N-methyl/N-ethyl adjacent to an activating group) is 2. The Labute approximate surface area is 128 Å². The van der Waals surface area contributed by atoms with Crippen molar-refractivity contribution < 1.29 is 9.47 Å². The van der Waals surface area contributed by atoms with Gasteiger partial charge in [0, 0.05) is 6.54 Å². The molecule has 0 aliphatic rings. The zero-order valence-corrected chi connectivity index (χ0v) is 14.2. The number of hydrogen-bond donors (Lipinski definition) is 1. The summed E-state index contributed by atoms with van der Waals surface area (Å²) in [7, 11) is 5.80. The minimum atomic E-state index is 0.0806. The van der Waals surface area contributed by atoms with Gasteiger partial charge in [0.1, 0.15) is 0 Å². The van der Waals surface area contributed by atoms with E-state index in [-0.39, 0.29) is 12.1 Å². The van der Waals surface area contributed by atoms with Crippen molar-refractivity contribution in [2.45, 2.75) is 39.5 Å². The lowest BCUT2D eigenvalue weighted by molar-refractivity contribution is 0.0590. The number of methoxy groups -OCH3 is 1. The first kappa shape index (κ1) is 17.9. The van der Waals surface area contributed by atoms with E-state index in [1.165, 1.54) is 0 Å². The maximum absolute atomic E-state index is 5.79. The van der Waals surface area contributed by atoms with Gasteiger partial charge in [-0.1, -0.05) is 6.92 Å². The second-order valence-corrected chi connectivity index (χ2v) is 5.62. The standard InChI is InChI=1S/C15H30N4O2/c1-7-16-13(11-21-12(2)3)15-14(20-6)10-17-19(15)9-8-18(4)5/h10,12-13,16H,7-9,11H2,1-6H3. The van der Waals surface area contributed by atoms with Crippen molar-refractivity contribution in [1.82, 2.24) is 20.0 Å². The van der Waals surface area contributed by atoms with Crippen LogP contribution in [0.5, 0.6) is 5.75 Å². The van der Waals surface area contributed by atoms with Gasteiger partial charge in [-0.25, -0.2) is 0 Å². The summed E-state index contributed by atoms with van der Waals surface area (Å²) in [5, 5.41) is 7.92. The normalized spacial score (nSPS) is 13.1. The summed E-state index contributed by atoms with van der Waals surface area (Å²) in [6, 6.07) is 0.0806. The highest BCUT2D eigenvalue weighted by atomic mass is 16.5. The molecule has 21 heavy (non-hydrogen) atoms. The van der Waals surface area contributed by atoms with Crippen LogP contribution in [-0.2, 0) is 11.3 Å². The molecule has 1 rings (SSSR count). The van der Waals surface area contributed by atoms with Crippen LogP contribution in [0.2, 0.25) is 0 Å². The number of rotatable bonds is 10. The molecular formula is C15H30N4O2. The van der Waals surface area contributed by atoms with Crippen molar-refractivity contribution in [3.05, 3.63) is 11.9 Å². The molecule has 0 amide bonds. The molecule has 0 radical (unpaired) electrons. The van der Waals surface area contributed by atoms with Crippen molar-refractivity contribution >= 4 is 0 Å². The van der Waals surface area contributed by atoms with Gasteiger partial charge in [-0.3, -0.25) is 4.68 Å². The number of nitrogens with zero attached hydrogens (tertiary/aromatic N) is 3. The van der Waals surface area contributed by atoms with E-state index in [0.717, 1.165) is 31.1 Å². The molecule has 0 aliphatic heterocycles. The van der Waals surface area contributed by atoms with Crippen molar-refractivity contribution in [3.63, 3.8) is 0 Å². The van der Waals surface area contributed by atoms with Gasteiger partial charge in [-0.2, -0.15) is 5.10 Å². The van der Waals surface area contributed by atoms with Crippen LogP contribution in [0, 0.1) is 0 Å². The zero-order valence-electron chi connectivity index (χ0n) is 14.2. The molecular weight excluding hydrogens is 268 g/mol. The van der Waals surface area contributed by atoms with Gasteiger partial charge < -0.3 is 19.7 Å². The Balaban J connectivity index is 2.93. The van der Waals surface area contributed by atoms with Crippen LogP contribution in [0.25, 0.3) is 0 Å². The largest absolute Gasteiger partial charge is 0.493 e. The highest BCUT2D eigenvalue weighted by molar-refractivity contribution is 5.28. The first-order valence-electron chi connectivity index (χ1n) is 7.59. The highest BCUT2D eigenvalue weighted by Crippen LogP contribution is 2.25. The maximum Gasteiger partial charge on any atom is 0.161 e. The summed E-state index contributed by atoms with van der Waals surface area (Å²) < 4.78 is 13.3. The lowest BCUT2D eigenvalue weighted by Gasteiger charge is -2.22. The van der Waals surface area contributed by atoms with Crippen LogP contribution in [0.1, 0.15) is 32.5 Å². The number of nitrogens with one attached hydrogen (secondary N) is 1. The third-order valence-corrected chi connectivity index (χ3v) is 3.20. The van der Waals surface area contributed by atoms with E-state index in [0.29, 0.717) is 6.61 Å². The molecule has 6 heteroatoms. The fourth-order valence-corrected chi connectivity index (χ4v) is 2.13. The Morgan fingerprint density at radius 2 is 2.10 bits per heavy atom. The van der Waals surface area contributed by atoms with E-state index in [1.807, 2.05) is 18.5 Å². The fourth-order valence-electron chi connectivity index (χ4n) is 2.13. The summed E-state index contributed by atoms with van der Waals surface area (Å²) in [4.78, 5) is 2.14. The van der Waals surface area contributed by atoms with Gasteiger partial charge in [0.05, 0.1) is 44.3 Å². The van der Waals surface area contributed by atoms with Crippen LogP contribution in [-0.4, -0.2) is 61.7 Å². The van der Waals surface area contributed by atoms with E-state index >= 15 is 0 Å². The van der Waals surface area contributed by atoms with Crippen molar-refractivity contribution in [2.24, 2.45) is 0 Å². The number of aromatic nitrogens is 2. The SMILES string of the molecule is CCNC(COC(C)C)c1c(OC)cnn1CCN(C)C. The molecule has 122 valence electrons. The van der Waals surface area contributed by atoms with Gasteiger partial charge in [-0.15, -0.1) is 0 Å². The van der Waals surface area contributed by atoms with Crippen LogP contribution in [0.3, 0.4) is 0 Å². The van der Waals surface area contributed by atoms with Crippen molar-refractivity contribution in [3.8, 4) is 5.75 Å². The third kappa shape index (κ3) is 5.65. The Kier molecular flexibility index (Phi) is 7.71. The summed E-state index contributed by atoms with van der Waals surface area (Å²) in [6.07, 6.45) is 1.99. The molecule has 0 aromatic carbocycles. The molecule has 1 unspecified atom stereocenters. The second kappa shape index (κ2) is 9.02. The highest BCUT2D eigenvalue weighted by Gasteiger charge is 2.22. The van der Waals surface area contributed by atoms with E-state index < -0.39 is 0 Å². The predicted molar refractivity (Wildman–Crippen MR) is 84.8 cm³/mol. The molecule has 1 atom stereocenters. The third-order valence-electron chi connectivity index (χ3n) is 3.20. The molecule has 1 aromatic rings. The number of hydrogen-bond acceptors (Lipinski definition) is 5. The molecule has 0 bridgehead atoms. The first-order valence-corrected chi connectivity index (χ1v) is 7.59. The van der Waals surface area contributed by atoms with Gasteiger partial charge in [-0.05, 0) is 34.5 Å². The van der Waals surface area contributed by atoms with Crippen LogP contribution >= 0.6 is 0 Å². The summed E-state index contributed by atoms with van der Waals surface area (Å²) >= 11 is 0. The minimum absolute atomic E-state index is 0.0806. The van der Waals surface area contributed by atoms with Crippen LogP contribution in [0.15, 0.2) is 6.20 Å². The lowest BCUT2D eigenvalue weighted by atomic mass is 10.2. The molecule has 1 aromatic heterocycles. The molecule has 0 aliphatic carbocycles. The first-order chi connectivity index (χ1) is 9.99. The molecule has 0 spiro atoms. The molecule has 6 nitrogen and oxygen atoms in total. The average molecular weight is 298 g/mol. The molecule has 1 heterocycles. The molecule has 0 saturated heterocycles. The molecule has 0 saturated carbocycles. The molecule has 1 N–H and O–H groups in total. The maximum atomic E-state index is 5.79. The van der Waals surface area contributed by atoms with Gasteiger partial charge in [0.25, 0.3) is 0 Å². The Hall–Kier alpha value is -1.11. The summed E-state index contributed by atoms with van der Waals surface area (Å²) in [6.45, 7) is 9.42. The van der Waals surface area contributed by atoms with Gasteiger partial charge >= 0.3 is 0 Å².